The van der Waals surface area contributed by atoms with Gasteiger partial charge in [0.25, 0.3) is 5.56 Å². The maximum Gasteiger partial charge on any atom is 0.326 e. The monoisotopic (exact) mass is 225 g/mol. The molecule has 1 amide bonds. The lowest BCUT2D eigenvalue weighted by Gasteiger charge is -2.17. The van der Waals surface area contributed by atoms with Crippen LogP contribution in [0.15, 0.2) is 9.59 Å². The van der Waals surface area contributed by atoms with Crippen LogP contribution in [-0.2, 0) is 4.79 Å². The van der Waals surface area contributed by atoms with Crippen LogP contribution in [0.2, 0.25) is 0 Å². The van der Waals surface area contributed by atoms with Crippen LogP contribution in [0.25, 0.3) is 0 Å². The van der Waals surface area contributed by atoms with Crippen molar-refractivity contribution in [1.82, 2.24) is 9.97 Å². The molecular weight excluding hydrogens is 210 g/mol. The second-order valence-corrected chi connectivity index (χ2v) is 4.61. The average molecular weight is 225 g/mol. The Kier molecular flexibility index (Phi) is 3.02. The molecule has 0 saturated heterocycles. The highest BCUT2D eigenvalue weighted by Gasteiger charge is 2.22. The highest BCUT2D eigenvalue weighted by molar-refractivity contribution is 5.94. The van der Waals surface area contributed by atoms with Gasteiger partial charge in [0, 0.05) is 11.1 Å². The van der Waals surface area contributed by atoms with E-state index in [0.29, 0.717) is 5.69 Å². The number of carbonyl (C=O) groups excluding carboxylic acids is 1. The average Bonchev–Trinajstić information content (AvgIpc) is 2.08. The number of aryl methyl sites for hydroxylation is 1. The minimum atomic E-state index is -0.602. The van der Waals surface area contributed by atoms with Crippen molar-refractivity contribution < 1.29 is 4.79 Å². The van der Waals surface area contributed by atoms with E-state index in [-0.39, 0.29) is 11.6 Å². The maximum absolute atomic E-state index is 11.7. The van der Waals surface area contributed by atoms with Gasteiger partial charge in [-0.05, 0) is 6.92 Å². The first-order chi connectivity index (χ1) is 7.21. The van der Waals surface area contributed by atoms with Crippen molar-refractivity contribution in [2.45, 2.75) is 27.7 Å². The van der Waals surface area contributed by atoms with Crippen molar-refractivity contribution in [2.75, 3.05) is 5.32 Å². The van der Waals surface area contributed by atoms with Crippen LogP contribution < -0.4 is 16.6 Å². The van der Waals surface area contributed by atoms with Gasteiger partial charge in [-0.25, -0.2) is 4.79 Å². The number of rotatable bonds is 1. The third-order valence-electron chi connectivity index (χ3n) is 2.05. The van der Waals surface area contributed by atoms with Crippen LogP contribution in [-0.4, -0.2) is 15.9 Å². The van der Waals surface area contributed by atoms with Gasteiger partial charge in [0.15, 0.2) is 0 Å². The molecule has 0 aliphatic rings. The predicted molar refractivity (Wildman–Crippen MR) is 60.5 cm³/mol. The summed E-state index contributed by atoms with van der Waals surface area (Å²) in [4.78, 5) is 38.5. The summed E-state index contributed by atoms with van der Waals surface area (Å²) in [6, 6.07) is 0. The highest BCUT2D eigenvalue weighted by Crippen LogP contribution is 2.15. The van der Waals surface area contributed by atoms with E-state index in [4.69, 9.17) is 0 Å². The predicted octanol–water partition coefficient (Wildman–Crippen LogP) is 0.356. The van der Waals surface area contributed by atoms with Gasteiger partial charge in [0.1, 0.15) is 5.69 Å². The van der Waals surface area contributed by atoms with Crippen molar-refractivity contribution in [3.05, 3.63) is 26.5 Å². The lowest BCUT2D eigenvalue weighted by Crippen LogP contribution is -2.33. The highest BCUT2D eigenvalue weighted by atomic mass is 16.2. The van der Waals surface area contributed by atoms with E-state index in [1.165, 1.54) is 0 Å². The first-order valence-corrected chi connectivity index (χ1v) is 4.86. The second kappa shape index (κ2) is 3.96. The number of hydrogen-bond acceptors (Lipinski definition) is 3. The van der Waals surface area contributed by atoms with Crippen LogP contribution in [0.1, 0.15) is 26.5 Å². The first-order valence-electron chi connectivity index (χ1n) is 4.86. The summed E-state index contributed by atoms with van der Waals surface area (Å²) in [5, 5.41) is 2.49. The van der Waals surface area contributed by atoms with Gasteiger partial charge in [-0.2, -0.15) is 0 Å². The van der Waals surface area contributed by atoms with E-state index in [2.05, 4.69) is 15.3 Å². The standard InChI is InChI=1S/C10H15N3O3/c1-5-6(7(14)13-9(16)11-5)12-8(15)10(2,3)4/h1-4H3,(H,12,15)(H2,11,13,14,16). The number of aromatic nitrogens is 2. The summed E-state index contributed by atoms with van der Waals surface area (Å²) in [5.74, 6) is -0.284. The fourth-order valence-corrected chi connectivity index (χ4v) is 1.05. The van der Waals surface area contributed by atoms with Crippen molar-refractivity contribution in [2.24, 2.45) is 5.41 Å². The summed E-state index contributed by atoms with van der Waals surface area (Å²) in [6.45, 7) is 6.75. The second-order valence-electron chi connectivity index (χ2n) is 4.61. The molecule has 0 saturated carbocycles. The number of H-pyrrole nitrogens is 2. The third-order valence-corrected chi connectivity index (χ3v) is 2.05. The molecule has 0 spiro atoms. The number of amides is 1. The molecular formula is C10H15N3O3. The van der Waals surface area contributed by atoms with Gasteiger partial charge in [-0.3, -0.25) is 14.6 Å². The fraction of sp³-hybridized carbons (Fsp3) is 0.500. The molecule has 3 N–H and O–H groups in total. The fourth-order valence-electron chi connectivity index (χ4n) is 1.05. The van der Waals surface area contributed by atoms with E-state index in [1.54, 1.807) is 27.7 Å². The molecule has 0 fully saturated rings. The number of nitrogens with one attached hydrogen (secondary N) is 3. The summed E-state index contributed by atoms with van der Waals surface area (Å²) >= 11 is 0. The largest absolute Gasteiger partial charge is 0.326 e. The first kappa shape index (κ1) is 12.2. The Morgan fingerprint density at radius 2 is 1.75 bits per heavy atom. The number of carbonyl (C=O) groups is 1. The van der Waals surface area contributed by atoms with E-state index < -0.39 is 16.7 Å². The van der Waals surface area contributed by atoms with Gasteiger partial charge in [0.05, 0.1) is 0 Å². The van der Waals surface area contributed by atoms with Crippen molar-refractivity contribution in [3.63, 3.8) is 0 Å². The summed E-state index contributed by atoms with van der Waals surface area (Å²) in [5.41, 5.74) is -1.37. The zero-order chi connectivity index (χ0) is 12.5. The van der Waals surface area contributed by atoms with Crippen molar-refractivity contribution in [3.8, 4) is 0 Å². The SMILES string of the molecule is Cc1[nH]c(=O)[nH]c(=O)c1NC(=O)C(C)(C)C. The maximum atomic E-state index is 11.7. The van der Waals surface area contributed by atoms with Crippen LogP contribution in [0.5, 0.6) is 0 Å². The van der Waals surface area contributed by atoms with Gasteiger partial charge in [-0.1, -0.05) is 20.8 Å². The summed E-state index contributed by atoms with van der Waals surface area (Å²) in [7, 11) is 0. The molecule has 0 unspecified atom stereocenters. The molecule has 0 bridgehead atoms. The number of anilines is 1. The van der Waals surface area contributed by atoms with Gasteiger partial charge >= 0.3 is 5.69 Å². The molecule has 0 aliphatic carbocycles. The van der Waals surface area contributed by atoms with Crippen molar-refractivity contribution >= 4 is 11.6 Å². The topological polar surface area (TPSA) is 94.8 Å². The van der Waals surface area contributed by atoms with E-state index in [1.807, 2.05) is 0 Å². The quantitative estimate of drug-likeness (QED) is 0.643. The van der Waals surface area contributed by atoms with Crippen LogP contribution in [0.4, 0.5) is 5.69 Å². The van der Waals surface area contributed by atoms with E-state index in [9.17, 15) is 14.4 Å². The molecule has 6 heteroatoms. The van der Waals surface area contributed by atoms with Crippen LogP contribution >= 0.6 is 0 Å². The molecule has 1 aromatic heterocycles. The Hall–Kier alpha value is -1.85. The van der Waals surface area contributed by atoms with E-state index in [0.717, 1.165) is 0 Å². The van der Waals surface area contributed by atoms with Gasteiger partial charge in [-0.15, -0.1) is 0 Å². The summed E-state index contributed by atoms with van der Waals surface area (Å²) < 4.78 is 0. The minimum absolute atomic E-state index is 0.0829. The zero-order valence-electron chi connectivity index (χ0n) is 9.72. The molecule has 0 aliphatic heterocycles. The molecule has 0 atom stereocenters. The Bertz CT molecular complexity index is 519. The zero-order valence-corrected chi connectivity index (χ0v) is 9.72. The minimum Gasteiger partial charge on any atom is -0.320 e. The van der Waals surface area contributed by atoms with Crippen molar-refractivity contribution in [1.29, 1.82) is 0 Å². The molecule has 16 heavy (non-hydrogen) atoms. The molecule has 1 heterocycles. The molecule has 6 nitrogen and oxygen atoms in total. The number of hydrogen-bond donors (Lipinski definition) is 3. The molecule has 1 rings (SSSR count). The van der Waals surface area contributed by atoms with Gasteiger partial charge in [0.2, 0.25) is 5.91 Å². The Morgan fingerprint density at radius 1 is 1.19 bits per heavy atom. The van der Waals surface area contributed by atoms with Crippen LogP contribution in [0.3, 0.4) is 0 Å². The smallest absolute Gasteiger partial charge is 0.320 e. The molecule has 88 valence electrons. The molecule has 0 radical (unpaired) electrons. The Morgan fingerprint density at radius 3 is 2.19 bits per heavy atom. The Balaban J connectivity index is 3.13. The van der Waals surface area contributed by atoms with Crippen LogP contribution in [0, 0.1) is 12.3 Å². The Labute approximate surface area is 92.1 Å². The number of aromatic amines is 2. The van der Waals surface area contributed by atoms with Gasteiger partial charge < -0.3 is 10.3 Å². The normalized spacial score (nSPS) is 11.2. The molecule has 1 aromatic rings. The summed E-state index contributed by atoms with van der Waals surface area (Å²) in [6.07, 6.45) is 0. The molecule has 0 aromatic carbocycles. The van der Waals surface area contributed by atoms with E-state index >= 15 is 0 Å². The lowest BCUT2D eigenvalue weighted by molar-refractivity contribution is -0.123. The lowest BCUT2D eigenvalue weighted by atomic mass is 9.95. The third kappa shape index (κ3) is 2.59.